The Morgan fingerprint density at radius 1 is 1.17 bits per heavy atom. The molecule has 3 rings (SSSR count). The highest BCUT2D eigenvalue weighted by molar-refractivity contribution is 6.43. The van der Waals surface area contributed by atoms with E-state index in [0.717, 1.165) is 18.4 Å². The molecule has 1 aromatic heterocycles. The van der Waals surface area contributed by atoms with E-state index in [1.807, 2.05) is 31.2 Å². The minimum Gasteiger partial charge on any atom is -0.462 e. The van der Waals surface area contributed by atoms with Crippen molar-refractivity contribution in [1.29, 1.82) is 0 Å². The quantitative estimate of drug-likeness (QED) is 0.472. The summed E-state index contributed by atoms with van der Waals surface area (Å²) >= 11 is 0. The van der Waals surface area contributed by atoms with Crippen LogP contribution in [0.25, 0.3) is 11.1 Å². The Morgan fingerprint density at radius 3 is 2.48 bits per heavy atom. The van der Waals surface area contributed by atoms with Gasteiger partial charge in [-0.05, 0) is 45.1 Å². The molecular formula is C23H28N2O4. The van der Waals surface area contributed by atoms with Gasteiger partial charge in [-0.25, -0.2) is 4.79 Å². The number of likely N-dealkylation sites (tertiary alicyclic amines) is 1. The predicted molar refractivity (Wildman–Crippen MR) is 111 cm³/mol. The van der Waals surface area contributed by atoms with Crippen LogP contribution in [0, 0.1) is 19.8 Å². The molecule has 0 bridgehead atoms. The first-order valence-electron chi connectivity index (χ1n) is 10.1. The molecule has 1 aromatic carbocycles. The number of H-pyrrole nitrogens is 1. The summed E-state index contributed by atoms with van der Waals surface area (Å²) in [5.41, 5.74) is 3.17. The smallest absolute Gasteiger partial charge is 0.340 e. The van der Waals surface area contributed by atoms with Gasteiger partial charge in [0.1, 0.15) is 5.69 Å². The largest absolute Gasteiger partial charge is 0.462 e. The minimum absolute atomic E-state index is 0.151. The van der Waals surface area contributed by atoms with Crippen LogP contribution in [-0.4, -0.2) is 47.2 Å². The van der Waals surface area contributed by atoms with Crippen LogP contribution in [0.3, 0.4) is 0 Å². The number of ether oxygens (including phenoxy) is 1. The van der Waals surface area contributed by atoms with E-state index in [4.69, 9.17) is 4.74 Å². The highest BCUT2D eigenvalue weighted by Gasteiger charge is 2.33. The number of benzene rings is 1. The number of aromatic amines is 1. The average Bonchev–Trinajstić information content (AvgIpc) is 3.04. The molecule has 1 atom stereocenters. The summed E-state index contributed by atoms with van der Waals surface area (Å²) in [6.45, 7) is 8.89. The van der Waals surface area contributed by atoms with Crippen LogP contribution in [0.1, 0.15) is 58.8 Å². The summed E-state index contributed by atoms with van der Waals surface area (Å²) in [6.07, 6.45) is 1.95. The van der Waals surface area contributed by atoms with Crippen molar-refractivity contribution in [2.45, 2.75) is 40.5 Å². The van der Waals surface area contributed by atoms with E-state index in [1.54, 1.807) is 18.7 Å². The molecule has 6 nitrogen and oxygen atoms in total. The van der Waals surface area contributed by atoms with Gasteiger partial charge in [-0.3, -0.25) is 9.59 Å². The van der Waals surface area contributed by atoms with Gasteiger partial charge in [0.2, 0.25) is 0 Å². The van der Waals surface area contributed by atoms with Gasteiger partial charge in [0.25, 0.3) is 11.7 Å². The first kappa shape index (κ1) is 20.8. The number of hydrogen-bond donors (Lipinski definition) is 1. The van der Waals surface area contributed by atoms with Crippen molar-refractivity contribution in [2.24, 2.45) is 5.92 Å². The molecule has 0 saturated carbocycles. The molecule has 0 spiro atoms. The monoisotopic (exact) mass is 396 g/mol. The fraction of sp³-hybridized carbons (Fsp3) is 0.435. The summed E-state index contributed by atoms with van der Waals surface area (Å²) in [7, 11) is 0. The summed E-state index contributed by atoms with van der Waals surface area (Å²) in [6, 6.07) is 7.53. The molecule has 1 aliphatic heterocycles. The van der Waals surface area contributed by atoms with Gasteiger partial charge in [-0.2, -0.15) is 0 Å². The van der Waals surface area contributed by atoms with Crippen LogP contribution in [-0.2, 0) is 9.53 Å². The van der Waals surface area contributed by atoms with Crippen molar-refractivity contribution in [3.8, 4) is 11.1 Å². The van der Waals surface area contributed by atoms with E-state index >= 15 is 0 Å². The van der Waals surface area contributed by atoms with Crippen molar-refractivity contribution in [3.63, 3.8) is 0 Å². The molecule has 0 radical (unpaired) electrons. The SMILES string of the molecule is CCOC(=O)c1c(C)[nH]c(C(=O)C(=O)N2CCC[C@@H](C)C2)c1-c1ccc(C)cc1. The lowest BCUT2D eigenvalue weighted by molar-refractivity contribution is -0.128. The van der Waals surface area contributed by atoms with Crippen LogP contribution >= 0.6 is 0 Å². The highest BCUT2D eigenvalue weighted by Crippen LogP contribution is 2.32. The minimum atomic E-state index is -0.617. The van der Waals surface area contributed by atoms with E-state index < -0.39 is 17.7 Å². The summed E-state index contributed by atoms with van der Waals surface area (Å²) in [5, 5.41) is 0. The first-order chi connectivity index (χ1) is 13.8. The maximum atomic E-state index is 13.2. The van der Waals surface area contributed by atoms with Gasteiger partial charge in [0.05, 0.1) is 12.2 Å². The normalized spacial score (nSPS) is 16.6. The average molecular weight is 396 g/mol. The fourth-order valence-corrected chi connectivity index (χ4v) is 3.89. The van der Waals surface area contributed by atoms with Crippen LogP contribution in [0.4, 0.5) is 0 Å². The maximum Gasteiger partial charge on any atom is 0.340 e. The Labute approximate surface area is 171 Å². The molecular weight excluding hydrogens is 368 g/mol. The second-order valence-corrected chi connectivity index (χ2v) is 7.79. The van der Waals surface area contributed by atoms with Crippen molar-refractivity contribution in [1.82, 2.24) is 9.88 Å². The molecule has 6 heteroatoms. The van der Waals surface area contributed by atoms with E-state index in [9.17, 15) is 14.4 Å². The lowest BCUT2D eigenvalue weighted by atomic mass is 9.96. The molecule has 29 heavy (non-hydrogen) atoms. The number of piperidine rings is 1. The maximum absolute atomic E-state index is 13.2. The number of aryl methyl sites for hydroxylation is 2. The molecule has 1 amide bonds. The summed E-state index contributed by atoms with van der Waals surface area (Å²) < 4.78 is 5.21. The van der Waals surface area contributed by atoms with Crippen molar-refractivity contribution < 1.29 is 19.1 Å². The molecule has 1 aliphatic rings. The van der Waals surface area contributed by atoms with Gasteiger partial charge in [0.15, 0.2) is 0 Å². The number of nitrogens with one attached hydrogen (secondary N) is 1. The predicted octanol–water partition coefficient (Wildman–Crippen LogP) is 3.92. The van der Waals surface area contributed by atoms with Gasteiger partial charge >= 0.3 is 5.97 Å². The summed E-state index contributed by atoms with van der Waals surface area (Å²) in [4.78, 5) is 43.4. The van der Waals surface area contributed by atoms with E-state index in [1.165, 1.54) is 0 Å². The molecule has 1 fully saturated rings. The van der Waals surface area contributed by atoms with Gasteiger partial charge in [-0.1, -0.05) is 36.8 Å². The van der Waals surface area contributed by atoms with Gasteiger partial charge in [-0.15, -0.1) is 0 Å². The molecule has 2 heterocycles. The topological polar surface area (TPSA) is 79.5 Å². The zero-order valence-corrected chi connectivity index (χ0v) is 17.5. The second-order valence-electron chi connectivity index (χ2n) is 7.79. The Morgan fingerprint density at radius 2 is 1.86 bits per heavy atom. The van der Waals surface area contributed by atoms with Gasteiger partial charge < -0.3 is 14.6 Å². The number of hydrogen-bond acceptors (Lipinski definition) is 4. The lowest BCUT2D eigenvalue weighted by Gasteiger charge is -2.30. The number of esters is 1. The third-order valence-corrected chi connectivity index (χ3v) is 5.37. The fourth-order valence-electron chi connectivity index (χ4n) is 3.89. The third kappa shape index (κ3) is 4.26. The van der Waals surface area contributed by atoms with E-state index in [2.05, 4.69) is 11.9 Å². The number of Topliss-reactive ketones (excluding diaryl/α,β-unsaturated/α-hetero) is 1. The van der Waals surface area contributed by atoms with Crippen molar-refractivity contribution >= 4 is 17.7 Å². The Bertz CT molecular complexity index is 927. The first-order valence-corrected chi connectivity index (χ1v) is 10.1. The summed E-state index contributed by atoms with van der Waals surface area (Å²) in [5.74, 6) is -1.28. The number of amides is 1. The van der Waals surface area contributed by atoms with Crippen LogP contribution in [0.2, 0.25) is 0 Å². The second kappa shape index (κ2) is 8.64. The Kier molecular flexibility index (Phi) is 6.20. The zero-order chi connectivity index (χ0) is 21.1. The molecule has 1 N–H and O–H groups in total. The number of carbonyl (C=O) groups excluding carboxylic acids is 3. The van der Waals surface area contributed by atoms with Crippen molar-refractivity contribution in [2.75, 3.05) is 19.7 Å². The third-order valence-electron chi connectivity index (χ3n) is 5.37. The van der Waals surface area contributed by atoms with Crippen LogP contribution < -0.4 is 0 Å². The molecule has 154 valence electrons. The standard InChI is InChI=1S/C23H28N2O4/c1-5-29-23(28)18-16(4)24-20(19(18)17-10-8-14(2)9-11-17)21(26)22(27)25-12-6-7-15(3)13-25/h8-11,15,24H,5-7,12-13H2,1-4H3/t15-/m1/s1. The lowest BCUT2D eigenvalue weighted by Crippen LogP contribution is -2.43. The van der Waals surface area contributed by atoms with Crippen molar-refractivity contribution in [3.05, 3.63) is 46.8 Å². The number of nitrogens with zero attached hydrogens (tertiary/aromatic N) is 1. The Balaban J connectivity index is 2.07. The number of carbonyl (C=O) groups is 3. The van der Waals surface area contributed by atoms with Crippen LogP contribution in [0.15, 0.2) is 24.3 Å². The molecule has 1 saturated heterocycles. The van der Waals surface area contributed by atoms with E-state index in [0.29, 0.717) is 41.4 Å². The Hall–Kier alpha value is -2.89. The zero-order valence-electron chi connectivity index (χ0n) is 17.5. The molecule has 0 unspecified atom stereocenters. The number of rotatable bonds is 5. The highest BCUT2D eigenvalue weighted by atomic mass is 16.5. The molecule has 0 aliphatic carbocycles. The molecule has 2 aromatic rings. The number of ketones is 1. The van der Waals surface area contributed by atoms with Gasteiger partial charge in [0, 0.05) is 24.3 Å². The van der Waals surface area contributed by atoms with Crippen LogP contribution in [0.5, 0.6) is 0 Å². The number of aromatic nitrogens is 1. The van der Waals surface area contributed by atoms with E-state index in [-0.39, 0.29) is 12.3 Å².